The minimum absolute atomic E-state index is 0.0116. The zero-order valence-electron chi connectivity index (χ0n) is 26.4. The maximum Gasteiger partial charge on any atom is 0.264 e. The molecule has 46 heavy (non-hydrogen) atoms. The monoisotopic (exact) mass is 679 g/mol. The van der Waals surface area contributed by atoms with Gasteiger partial charge < -0.3 is 10.2 Å². The Morgan fingerprint density at radius 1 is 0.826 bits per heavy atom. The minimum Gasteiger partial charge on any atom is -0.352 e. The molecule has 4 rings (SSSR count). The number of carbonyl (C=O) groups is 2. The topological polar surface area (TPSA) is 86.8 Å². The third-order valence-electron chi connectivity index (χ3n) is 7.77. The van der Waals surface area contributed by atoms with Crippen LogP contribution < -0.4 is 9.62 Å². The van der Waals surface area contributed by atoms with Crippen molar-refractivity contribution in [3.8, 4) is 0 Å². The van der Waals surface area contributed by atoms with Crippen molar-refractivity contribution in [3.63, 3.8) is 0 Å². The van der Waals surface area contributed by atoms with Gasteiger partial charge in [-0.3, -0.25) is 13.9 Å². The summed E-state index contributed by atoms with van der Waals surface area (Å²) in [5.41, 5.74) is 3.58. The van der Waals surface area contributed by atoms with Crippen LogP contribution in [0.5, 0.6) is 0 Å². The molecule has 0 aliphatic heterocycles. The van der Waals surface area contributed by atoms with Crippen LogP contribution in [0.4, 0.5) is 5.69 Å². The van der Waals surface area contributed by atoms with E-state index in [2.05, 4.69) is 5.32 Å². The fraction of sp³-hybridized carbons (Fsp3) is 0.278. The first-order valence-electron chi connectivity index (χ1n) is 15.1. The first-order valence-corrected chi connectivity index (χ1v) is 17.3. The molecule has 0 aliphatic carbocycles. The van der Waals surface area contributed by atoms with E-state index in [9.17, 15) is 18.0 Å². The van der Waals surface area contributed by atoms with Crippen molar-refractivity contribution >= 4 is 50.7 Å². The van der Waals surface area contributed by atoms with E-state index in [0.29, 0.717) is 6.42 Å². The van der Waals surface area contributed by atoms with Crippen molar-refractivity contribution in [1.29, 1.82) is 0 Å². The molecule has 0 bridgehead atoms. The predicted molar refractivity (Wildman–Crippen MR) is 186 cm³/mol. The van der Waals surface area contributed by atoms with E-state index >= 15 is 0 Å². The van der Waals surface area contributed by atoms with Gasteiger partial charge in [0.15, 0.2) is 0 Å². The average molecular weight is 681 g/mol. The molecule has 4 aromatic carbocycles. The second-order valence-electron chi connectivity index (χ2n) is 11.5. The first-order chi connectivity index (χ1) is 21.9. The van der Waals surface area contributed by atoms with Crippen molar-refractivity contribution in [2.45, 2.75) is 64.1 Å². The highest BCUT2D eigenvalue weighted by Gasteiger charge is 2.35. The molecule has 0 spiro atoms. The molecule has 0 fully saturated rings. The number of sulfonamides is 1. The number of hydrogen-bond acceptors (Lipinski definition) is 4. The number of anilines is 1. The van der Waals surface area contributed by atoms with Crippen LogP contribution in [0.2, 0.25) is 10.0 Å². The smallest absolute Gasteiger partial charge is 0.264 e. The van der Waals surface area contributed by atoms with Crippen molar-refractivity contribution < 1.29 is 18.0 Å². The van der Waals surface area contributed by atoms with Gasteiger partial charge >= 0.3 is 0 Å². The highest BCUT2D eigenvalue weighted by atomic mass is 35.5. The second kappa shape index (κ2) is 15.6. The van der Waals surface area contributed by atoms with Gasteiger partial charge in [0, 0.05) is 24.0 Å². The minimum atomic E-state index is -4.30. The lowest BCUT2D eigenvalue weighted by molar-refractivity contribution is -0.140. The van der Waals surface area contributed by atoms with Crippen LogP contribution in [-0.2, 0) is 32.6 Å². The SMILES string of the molecule is CC[C@H](C)NC(=O)[C@H](Cc1ccccc1)N(Cc1cccc(C)c1)C(=O)CN(c1cc(Cl)ccc1Cl)S(=O)(=O)c1ccc(C)cc1. The standard InChI is InChI=1S/C36H39Cl2N3O4S/c1-5-27(4)39-36(43)34(21-28-11-7-6-8-12-28)40(23-29-13-9-10-26(3)20-29)35(42)24-41(33-22-30(37)16-19-32(33)38)46(44,45)31-17-14-25(2)15-18-31/h6-20,22,27,34H,5,21,23-24H2,1-4H3,(H,39,43)/t27-,34-/m0/s1. The number of nitrogens with zero attached hydrogens (tertiary/aromatic N) is 2. The molecule has 2 atom stereocenters. The summed E-state index contributed by atoms with van der Waals surface area (Å²) in [4.78, 5) is 30.0. The van der Waals surface area contributed by atoms with E-state index in [1.807, 2.05) is 82.3 Å². The van der Waals surface area contributed by atoms with Crippen molar-refractivity contribution in [2.75, 3.05) is 10.8 Å². The summed E-state index contributed by atoms with van der Waals surface area (Å²) < 4.78 is 29.4. The Balaban J connectivity index is 1.84. The average Bonchev–Trinajstić information content (AvgIpc) is 3.03. The molecule has 1 N–H and O–H groups in total. The summed E-state index contributed by atoms with van der Waals surface area (Å²) in [7, 11) is -4.30. The summed E-state index contributed by atoms with van der Waals surface area (Å²) in [6.07, 6.45) is 0.925. The number of hydrogen-bond donors (Lipinski definition) is 1. The molecule has 0 radical (unpaired) electrons. The van der Waals surface area contributed by atoms with Gasteiger partial charge in [0.05, 0.1) is 15.6 Å². The number of nitrogens with one attached hydrogen (secondary N) is 1. The van der Waals surface area contributed by atoms with Gasteiger partial charge in [-0.05, 0) is 68.7 Å². The van der Waals surface area contributed by atoms with E-state index in [4.69, 9.17) is 23.2 Å². The number of benzene rings is 4. The lowest BCUT2D eigenvalue weighted by atomic mass is 10.0. The predicted octanol–water partition coefficient (Wildman–Crippen LogP) is 7.36. The molecule has 0 saturated heterocycles. The van der Waals surface area contributed by atoms with Gasteiger partial charge in [0.2, 0.25) is 11.8 Å². The van der Waals surface area contributed by atoms with Crippen LogP contribution in [0.1, 0.15) is 42.5 Å². The molecule has 0 unspecified atom stereocenters. The molecule has 0 aromatic heterocycles. The molecule has 0 heterocycles. The van der Waals surface area contributed by atoms with Crippen LogP contribution >= 0.6 is 23.2 Å². The number of aryl methyl sites for hydroxylation is 2. The van der Waals surface area contributed by atoms with Gasteiger partial charge in [0.25, 0.3) is 10.0 Å². The molecule has 242 valence electrons. The Morgan fingerprint density at radius 3 is 2.15 bits per heavy atom. The van der Waals surface area contributed by atoms with Gasteiger partial charge in [-0.1, -0.05) is 108 Å². The Hall–Kier alpha value is -3.85. The third kappa shape index (κ3) is 8.90. The van der Waals surface area contributed by atoms with Crippen LogP contribution in [-0.4, -0.2) is 43.8 Å². The molecule has 4 aromatic rings. The molecular weight excluding hydrogens is 641 g/mol. The molecule has 2 amide bonds. The Bertz CT molecular complexity index is 1770. The number of halogens is 2. The van der Waals surface area contributed by atoms with Gasteiger partial charge in [-0.25, -0.2) is 8.42 Å². The molecule has 0 aliphatic rings. The lowest BCUT2D eigenvalue weighted by Crippen LogP contribution is -2.54. The van der Waals surface area contributed by atoms with Gasteiger partial charge in [-0.2, -0.15) is 0 Å². The normalized spacial score (nSPS) is 12.7. The zero-order chi connectivity index (χ0) is 33.4. The Morgan fingerprint density at radius 2 is 1.50 bits per heavy atom. The Labute approximate surface area is 282 Å². The Kier molecular flexibility index (Phi) is 11.9. The van der Waals surface area contributed by atoms with Crippen molar-refractivity contribution in [2.24, 2.45) is 0 Å². The van der Waals surface area contributed by atoms with Crippen LogP contribution in [0.25, 0.3) is 0 Å². The van der Waals surface area contributed by atoms with Crippen molar-refractivity contribution in [3.05, 3.63) is 129 Å². The largest absolute Gasteiger partial charge is 0.352 e. The van der Waals surface area contributed by atoms with E-state index < -0.39 is 28.5 Å². The summed E-state index contributed by atoms with van der Waals surface area (Å²) in [5.74, 6) is -0.901. The quantitative estimate of drug-likeness (QED) is 0.160. The highest BCUT2D eigenvalue weighted by Crippen LogP contribution is 2.33. The summed E-state index contributed by atoms with van der Waals surface area (Å²) in [5, 5.41) is 3.40. The van der Waals surface area contributed by atoms with Crippen LogP contribution in [0.15, 0.2) is 102 Å². The van der Waals surface area contributed by atoms with E-state index in [1.54, 1.807) is 18.2 Å². The highest BCUT2D eigenvalue weighted by molar-refractivity contribution is 7.92. The summed E-state index contributed by atoms with van der Waals surface area (Å²) >= 11 is 12.9. The van der Waals surface area contributed by atoms with E-state index in [-0.39, 0.29) is 45.5 Å². The lowest BCUT2D eigenvalue weighted by Gasteiger charge is -2.34. The van der Waals surface area contributed by atoms with Gasteiger partial charge in [0.1, 0.15) is 12.6 Å². The summed E-state index contributed by atoms with van der Waals surface area (Å²) in [6, 6.07) is 26.8. The number of carbonyl (C=O) groups excluding carboxylic acids is 2. The summed E-state index contributed by atoms with van der Waals surface area (Å²) in [6.45, 7) is 7.13. The maximum absolute atomic E-state index is 14.6. The number of amides is 2. The second-order valence-corrected chi connectivity index (χ2v) is 14.2. The van der Waals surface area contributed by atoms with E-state index in [0.717, 1.165) is 26.6 Å². The van der Waals surface area contributed by atoms with Crippen LogP contribution in [0.3, 0.4) is 0 Å². The van der Waals surface area contributed by atoms with Crippen molar-refractivity contribution in [1.82, 2.24) is 10.2 Å². The maximum atomic E-state index is 14.6. The third-order valence-corrected chi connectivity index (χ3v) is 10.1. The molecule has 7 nitrogen and oxygen atoms in total. The van der Waals surface area contributed by atoms with Crippen LogP contribution in [0, 0.1) is 13.8 Å². The zero-order valence-corrected chi connectivity index (χ0v) is 28.7. The fourth-order valence-corrected chi connectivity index (χ4v) is 6.89. The molecular formula is C36H39Cl2N3O4S. The number of rotatable bonds is 13. The van der Waals surface area contributed by atoms with Gasteiger partial charge in [-0.15, -0.1) is 0 Å². The fourth-order valence-electron chi connectivity index (χ4n) is 5.03. The molecule has 10 heteroatoms. The first kappa shape index (κ1) is 35.0. The molecule has 0 saturated carbocycles. The van der Waals surface area contributed by atoms with E-state index in [1.165, 1.54) is 29.2 Å².